The number of hydrogen-bond donors (Lipinski definition) is 1. The quantitative estimate of drug-likeness (QED) is 0.300. The Balaban J connectivity index is 1.46. The average molecular weight is 508 g/mol. The van der Waals surface area contributed by atoms with E-state index in [0.29, 0.717) is 33.9 Å². The molecule has 5 rings (SSSR count). The number of aromatic nitrogens is 1. The highest BCUT2D eigenvalue weighted by Crippen LogP contribution is 2.33. The van der Waals surface area contributed by atoms with E-state index in [1.165, 1.54) is 12.1 Å². The molecule has 9 heteroatoms. The molecule has 0 spiro atoms. The van der Waals surface area contributed by atoms with Gasteiger partial charge in [-0.2, -0.15) is 13.2 Å². The lowest BCUT2D eigenvalue weighted by Crippen LogP contribution is -2.25. The molecule has 0 bridgehead atoms. The van der Waals surface area contributed by atoms with Crippen LogP contribution in [0.1, 0.15) is 27.2 Å². The fourth-order valence-electron chi connectivity index (χ4n) is 4.20. The first-order chi connectivity index (χ1) is 17.8. The second-order valence-corrected chi connectivity index (χ2v) is 8.47. The number of carbonyl (C=O) groups excluding carboxylic acids is 1. The van der Waals surface area contributed by atoms with E-state index in [9.17, 15) is 18.0 Å². The Bertz CT molecular complexity index is 1460. The Morgan fingerprint density at radius 1 is 1.03 bits per heavy atom. The molecule has 1 amide bonds. The Labute approximate surface area is 210 Å². The number of amides is 1. The van der Waals surface area contributed by atoms with Crippen molar-refractivity contribution in [2.45, 2.75) is 19.3 Å². The molecule has 190 valence electrons. The zero-order chi connectivity index (χ0) is 26.0. The van der Waals surface area contributed by atoms with E-state index in [-0.39, 0.29) is 32.4 Å². The van der Waals surface area contributed by atoms with Crippen molar-refractivity contribution >= 4 is 16.8 Å². The number of fused-ring (bicyclic) bond motifs is 2. The topological polar surface area (TPSA) is 61.7 Å². The van der Waals surface area contributed by atoms with Crippen LogP contribution in [-0.4, -0.2) is 23.9 Å². The van der Waals surface area contributed by atoms with Crippen molar-refractivity contribution in [3.05, 3.63) is 102 Å². The molecule has 0 saturated carbocycles. The number of nitrogens with zero attached hydrogens (tertiary/aromatic N) is 1. The maximum Gasteiger partial charge on any atom is 0.416 e. The third kappa shape index (κ3) is 5.11. The SMILES string of the molecule is C=CCOc1cccc2c1cc(C(=O)NCc1ccc3c(c1)OCO3)n2Cc1ccc(C(F)(F)F)cc1. The summed E-state index contributed by atoms with van der Waals surface area (Å²) in [6.45, 7) is 4.56. The van der Waals surface area contributed by atoms with Gasteiger partial charge in [-0.25, -0.2) is 0 Å². The van der Waals surface area contributed by atoms with Gasteiger partial charge >= 0.3 is 6.18 Å². The lowest BCUT2D eigenvalue weighted by atomic mass is 10.1. The number of halogens is 3. The van der Waals surface area contributed by atoms with Crippen molar-refractivity contribution < 1.29 is 32.2 Å². The maximum absolute atomic E-state index is 13.3. The number of ether oxygens (including phenoxy) is 3. The molecular weight excluding hydrogens is 485 g/mol. The molecule has 1 aliphatic rings. The van der Waals surface area contributed by atoms with E-state index in [4.69, 9.17) is 14.2 Å². The van der Waals surface area contributed by atoms with Gasteiger partial charge in [0.1, 0.15) is 18.1 Å². The molecule has 4 aromatic rings. The first-order valence-electron chi connectivity index (χ1n) is 11.5. The summed E-state index contributed by atoms with van der Waals surface area (Å²) in [4.78, 5) is 13.3. The summed E-state index contributed by atoms with van der Waals surface area (Å²) in [6.07, 6.45) is -2.80. The Kier molecular flexibility index (Phi) is 6.52. The number of nitrogens with one attached hydrogen (secondary N) is 1. The minimum absolute atomic E-state index is 0.158. The molecule has 0 aliphatic carbocycles. The van der Waals surface area contributed by atoms with Crippen LogP contribution in [-0.2, 0) is 19.3 Å². The van der Waals surface area contributed by atoms with Gasteiger partial charge in [0.05, 0.1) is 11.1 Å². The number of carbonyl (C=O) groups is 1. The summed E-state index contributed by atoms with van der Waals surface area (Å²) < 4.78 is 57.4. The van der Waals surface area contributed by atoms with Crippen LogP contribution in [0.25, 0.3) is 10.9 Å². The summed E-state index contributed by atoms with van der Waals surface area (Å²) in [7, 11) is 0. The van der Waals surface area contributed by atoms with Crippen LogP contribution in [0.3, 0.4) is 0 Å². The van der Waals surface area contributed by atoms with E-state index < -0.39 is 11.7 Å². The Morgan fingerprint density at radius 2 is 1.78 bits per heavy atom. The fourth-order valence-corrected chi connectivity index (χ4v) is 4.20. The molecule has 0 saturated heterocycles. The predicted octanol–water partition coefficient (Wildman–Crippen LogP) is 5.93. The van der Waals surface area contributed by atoms with Gasteiger partial charge in [0.15, 0.2) is 11.5 Å². The van der Waals surface area contributed by atoms with Crippen LogP contribution in [0, 0.1) is 0 Å². The number of alkyl halides is 3. The van der Waals surface area contributed by atoms with E-state index >= 15 is 0 Å². The first kappa shape index (κ1) is 24.3. The zero-order valence-electron chi connectivity index (χ0n) is 19.7. The van der Waals surface area contributed by atoms with Crippen molar-refractivity contribution in [1.29, 1.82) is 0 Å². The van der Waals surface area contributed by atoms with Crippen molar-refractivity contribution in [3.63, 3.8) is 0 Å². The lowest BCUT2D eigenvalue weighted by Gasteiger charge is -2.13. The molecule has 1 aliphatic heterocycles. The van der Waals surface area contributed by atoms with Crippen LogP contribution in [0.2, 0.25) is 0 Å². The highest BCUT2D eigenvalue weighted by atomic mass is 19.4. The smallest absolute Gasteiger partial charge is 0.416 e. The summed E-state index contributed by atoms with van der Waals surface area (Å²) in [5, 5.41) is 3.64. The Hall–Kier alpha value is -4.40. The monoisotopic (exact) mass is 508 g/mol. The van der Waals surface area contributed by atoms with Crippen molar-refractivity contribution in [2.75, 3.05) is 13.4 Å². The van der Waals surface area contributed by atoms with Crippen molar-refractivity contribution in [2.24, 2.45) is 0 Å². The van der Waals surface area contributed by atoms with Gasteiger partial charge in [0, 0.05) is 18.5 Å². The minimum Gasteiger partial charge on any atom is -0.489 e. The van der Waals surface area contributed by atoms with Gasteiger partial charge < -0.3 is 24.1 Å². The van der Waals surface area contributed by atoms with Gasteiger partial charge in [-0.3, -0.25) is 4.79 Å². The van der Waals surface area contributed by atoms with Crippen LogP contribution < -0.4 is 19.5 Å². The standard InChI is InChI=1S/C28H23F3N2O4/c1-2-12-35-24-5-3-4-22-21(24)14-23(33(22)16-18-6-9-20(10-7-18)28(29,30)31)27(34)32-15-19-8-11-25-26(13-19)37-17-36-25/h2-11,13-14H,1,12,15-17H2,(H,32,34). The molecule has 0 unspecified atom stereocenters. The van der Waals surface area contributed by atoms with Crippen LogP contribution >= 0.6 is 0 Å². The van der Waals surface area contributed by atoms with Gasteiger partial charge in [-0.15, -0.1) is 0 Å². The van der Waals surface area contributed by atoms with E-state index in [1.807, 2.05) is 18.2 Å². The van der Waals surface area contributed by atoms with E-state index in [0.717, 1.165) is 23.2 Å². The fraction of sp³-hybridized carbons (Fsp3) is 0.179. The maximum atomic E-state index is 13.3. The third-order valence-corrected chi connectivity index (χ3v) is 6.01. The second-order valence-electron chi connectivity index (χ2n) is 8.47. The largest absolute Gasteiger partial charge is 0.489 e. The summed E-state index contributed by atoms with van der Waals surface area (Å²) in [5.74, 6) is 1.51. The zero-order valence-corrected chi connectivity index (χ0v) is 19.7. The highest BCUT2D eigenvalue weighted by Gasteiger charge is 2.30. The summed E-state index contributed by atoms with van der Waals surface area (Å²) in [6, 6.07) is 17.5. The lowest BCUT2D eigenvalue weighted by molar-refractivity contribution is -0.137. The molecule has 1 N–H and O–H groups in total. The molecule has 2 heterocycles. The molecule has 1 aromatic heterocycles. The number of benzene rings is 3. The molecule has 0 fully saturated rings. The van der Waals surface area contributed by atoms with Gasteiger partial charge in [-0.05, 0) is 53.6 Å². The average Bonchev–Trinajstić information content (AvgIpc) is 3.50. The second kappa shape index (κ2) is 9.93. The Morgan fingerprint density at radius 3 is 2.54 bits per heavy atom. The molecule has 37 heavy (non-hydrogen) atoms. The third-order valence-electron chi connectivity index (χ3n) is 6.01. The normalized spacial score (nSPS) is 12.5. The van der Waals surface area contributed by atoms with Gasteiger partial charge in [0.2, 0.25) is 6.79 Å². The summed E-state index contributed by atoms with van der Waals surface area (Å²) in [5.41, 5.74) is 1.79. The highest BCUT2D eigenvalue weighted by molar-refractivity contribution is 6.00. The number of hydrogen-bond acceptors (Lipinski definition) is 4. The molecule has 0 atom stereocenters. The molecule has 6 nitrogen and oxygen atoms in total. The van der Waals surface area contributed by atoms with Crippen molar-refractivity contribution in [1.82, 2.24) is 9.88 Å². The molecule has 0 radical (unpaired) electrons. The van der Waals surface area contributed by atoms with Crippen LogP contribution in [0.5, 0.6) is 17.2 Å². The summed E-state index contributed by atoms with van der Waals surface area (Å²) >= 11 is 0. The minimum atomic E-state index is -4.42. The molecular formula is C28H23F3N2O4. The van der Waals surface area contributed by atoms with Gasteiger partial charge in [0.25, 0.3) is 5.91 Å². The predicted molar refractivity (Wildman–Crippen MR) is 132 cm³/mol. The first-order valence-corrected chi connectivity index (χ1v) is 11.5. The van der Waals surface area contributed by atoms with Crippen LogP contribution in [0.15, 0.2) is 79.4 Å². The molecule has 3 aromatic carbocycles. The van der Waals surface area contributed by atoms with E-state index in [1.54, 1.807) is 34.9 Å². The van der Waals surface area contributed by atoms with Gasteiger partial charge in [-0.1, -0.05) is 36.9 Å². The van der Waals surface area contributed by atoms with Crippen LogP contribution in [0.4, 0.5) is 13.2 Å². The van der Waals surface area contributed by atoms with Crippen molar-refractivity contribution in [3.8, 4) is 17.2 Å². The number of rotatable bonds is 8. The van der Waals surface area contributed by atoms with E-state index in [2.05, 4.69) is 11.9 Å².